The largest absolute Gasteiger partial charge is 0.476 e. The van der Waals surface area contributed by atoms with E-state index in [0.717, 1.165) is 31.5 Å². The Morgan fingerprint density at radius 3 is 2.70 bits per heavy atom. The van der Waals surface area contributed by atoms with Gasteiger partial charge in [0, 0.05) is 37.3 Å². The van der Waals surface area contributed by atoms with Gasteiger partial charge in [-0.3, -0.25) is 9.59 Å². The van der Waals surface area contributed by atoms with Gasteiger partial charge in [-0.15, -0.1) is 0 Å². The number of hydrogen-bond acceptors (Lipinski definition) is 6. The zero-order valence-electron chi connectivity index (χ0n) is 20.5. The molecule has 0 spiro atoms. The van der Waals surface area contributed by atoms with Gasteiger partial charge in [-0.1, -0.05) is 0 Å². The van der Waals surface area contributed by atoms with Gasteiger partial charge in [-0.25, -0.2) is 4.79 Å². The van der Waals surface area contributed by atoms with Gasteiger partial charge in [-0.2, -0.15) is 0 Å². The lowest BCUT2D eigenvalue weighted by Crippen LogP contribution is -2.54. The van der Waals surface area contributed by atoms with Crippen molar-refractivity contribution < 1.29 is 23.9 Å². The SMILES string of the molecule is COC(=O)NCCN1C(=O)C(C)(C)Oc2cc(C)c(C(=O)N(C(C)C)[C@@H]3CCCNC3)cc21. The van der Waals surface area contributed by atoms with Crippen LogP contribution in [0.2, 0.25) is 0 Å². The number of aryl methyl sites for hydroxylation is 1. The predicted molar refractivity (Wildman–Crippen MR) is 126 cm³/mol. The summed E-state index contributed by atoms with van der Waals surface area (Å²) in [6.45, 7) is 11.5. The summed E-state index contributed by atoms with van der Waals surface area (Å²) in [5.41, 5.74) is 0.819. The minimum absolute atomic E-state index is 0.0370. The molecule has 2 N–H and O–H groups in total. The molecule has 0 radical (unpaired) electrons. The van der Waals surface area contributed by atoms with Gasteiger partial charge >= 0.3 is 6.09 Å². The van der Waals surface area contributed by atoms with E-state index in [0.29, 0.717) is 17.0 Å². The normalized spacial score (nSPS) is 19.5. The second-order valence-corrected chi connectivity index (χ2v) is 9.43. The van der Waals surface area contributed by atoms with Crippen LogP contribution in [0.5, 0.6) is 5.75 Å². The van der Waals surface area contributed by atoms with Crippen molar-refractivity contribution in [3.8, 4) is 5.75 Å². The molecule has 0 bridgehead atoms. The van der Waals surface area contributed by atoms with Crippen molar-refractivity contribution in [1.29, 1.82) is 0 Å². The fourth-order valence-corrected chi connectivity index (χ4v) is 4.54. The molecule has 0 aromatic heterocycles. The van der Waals surface area contributed by atoms with Crippen molar-refractivity contribution in [2.75, 3.05) is 38.2 Å². The van der Waals surface area contributed by atoms with Gasteiger partial charge in [-0.05, 0) is 71.7 Å². The van der Waals surface area contributed by atoms with Gasteiger partial charge in [0.15, 0.2) is 5.60 Å². The molecule has 3 rings (SSSR count). The number of hydrogen-bond donors (Lipinski definition) is 2. The Hall–Kier alpha value is -2.81. The predicted octanol–water partition coefficient (Wildman–Crippen LogP) is 2.46. The third kappa shape index (κ3) is 5.24. The molecule has 1 fully saturated rings. The fourth-order valence-electron chi connectivity index (χ4n) is 4.54. The van der Waals surface area contributed by atoms with Gasteiger partial charge in [0.2, 0.25) is 0 Å². The number of carbonyl (C=O) groups is 3. The Labute approximate surface area is 195 Å². The van der Waals surface area contributed by atoms with Crippen LogP contribution in [0.15, 0.2) is 12.1 Å². The molecule has 1 aromatic carbocycles. The van der Waals surface area contributed by atoms with E-state index in [1.54, 1.807) is 24.8 Å². The summed E-state index contributed by atoms with van der Waals surface area (Å²) < 4.78 is 10.6. The van der Waals surface area contributed by atoms with E-state index in [-0.39, 0.29) is 37.0 Å². The lowest BCUT2D eigenvalue weighted by Gasteiger charge is -2.40. The fraction of sp³-hybridized carbons (Fsp3) is 0.625. The minimum Gasteiger partial charge on any atom is -0.476 e. The number of benzene rings is 1. The quantitative estimate of drug-likeness (QED) is 0.677. The van der Waals surface area contributed by atoms with Gasteiger partial charge < -0.3 is 29.9 Å². The lowest BCUT2D eigenvalue weighted by molar-refractivity contribution is -0.132. The average molecular weight is 461 g/mol. The molecule has 2 aliphatic heterocycles. The highest BCUT2D eigenvalue weighted by molar-refractivity contribution is 6.05. The number of methoxy groups -OCH3 is 1. The second kappa shape index (κ2) is 9.99. The minimum atomic E-state index is -1.06. The first-order valence-electron chi connectivity index (χ1n) is 11.6. The van der Waals surface area contributed by atoms with Crippen LogP contribution in [0.4, 0.5) is 10.5 Å². The molecule has 9 nitrogen and oxygen atoms in total. The van der Waals surface area contributed by atoms with E-state index in [1.165, 1.54) is 7.11 Å². The highest BCUT2D eigenvalue weighted by Crippen LogP contribution is 2.40. The van der Waals surface area contributed by atoms with E-state index in [1.807, 2.05) is 31.7 Å². The zero-order valence-corrected chi connectivity index (χ0v) is 20.5. The van der Waals surface area contributed by atoms with Crippen LogP contribution in [0.1, 0.15) is 56.5 Å². The van der Waals surface area contributed by atoms with Crippen molar-refractivity contribution in [2.24, 2.45) is 0 Å². The molecular weight excluding hydrogens is 424 g/mol. The topological polar surface area (TPSA) is 100 Å². The van der Waals surface area contributed by atoms with Crippen molar-refractivity contribution in [3.63, 3.8) is 0 Å². The summed E-state index contributed by atoms with van der Waals surface area (Å²) in [6, 6.07) is 3.74. The summed E-state index contributed by atoms with van der Waals surface area (Å²) in [4.78, 5) is 41.9. The van der Waals surface area contributed by atoms with E-state index in [2.05, 4.69) is 15.4 Å². The maximum atomic E-state index is 13.7. The lowest BCUT2D eigenvalue weighted by atomic mass is 9.97. The summed E-state index contributed by atoms with van der Waals surface area (Å²) in [7, 11) is 1.29. The molecule has 3 amide bonds. The molecule has 1 saturated heterocycles. The van der Waals surface area contributed by atoms with Crippen LogP contribution in [0.25, 0.3) is 0 Å². The average Bonchev–Trinajstić information content (AvgIpc) is 2.76. The van der Waals surface area contributed by atoms with Crippen LogP contribution in [0.3, 0.4) is 0 Å². The number of amides is 3. The van der Waals surface area contributed by atoms with Gasteiger partial charge in [0.1, 0.15) is 5.75 Å². The third-order valence-electron chi connectivity index (χ3n) is 6.20. The monoisotopic (exact) mass is 460 g/mol. The van der Waals surface area contributed by atoms with Crippen LogP contribution < -0.4 is 20.3 Å². The summed E-state index contributed by atoms with van der Waals surface area (Å²) in [5.74, 6) is 0.257. The molecule has 1 aromatic rings. The summed E-state index contributed by atoms with van der Waals surface area (Å²) in [5, 5.41) is 5.99. The van der Waals surface area contributed by atoms with Crippen molar-refractivity contribution >= 4 is 23.6 Å². The van der Waals surface area contributed by atoms with Crippen LogP contribution in [-0.4, -0.2) is 73.8 Å². The molecule has 9 heteroatoms. The summed E-state index contributed by atoms with van der Waals surface area (Å²) >= 11 is 0. The van der Waals surface area contributed by atoms with E-state index in [4.69, 9.17) is 4.74 Å². The standard InChI is InChI=1S/C24H36N4O5/c1-15(2)28(17-8-7-9-25-14-17)21(29)18-13-19-20(12-16(18)3)33-24(4,5)22(30)27(19)11-10-26-23(31)32-6/h12-13,15,17,25H,7-11,14H2,1-6H3,(H,26,31)/t17-/m1/s1. The zero-order chi connectivity index (χ0) is 24.3. The Morgan fingerprint density at radius 1 is 1.36 bits per heavy atom. The molecule has 0 aliphatic carbocycles. The molecule has 0 saturated carbocycles. The number of nitrogens with zero attached hydrogens (tertiary/aromatic N) is 2. The van der Waals surface area contributed by atoms with Crippen molar-refractivity contribution in [3.05, 3.63) is 23.3 Å². The smallest absolute Gasteiger partial charge is 0.406 e. The Bertz CT molecular complexity index is 908. The van der Waals surface area contributed by atoms with Crippen LogP contribution in [0, 0.1) is 6.92 Å². The van der Waals surface area contributed by atoms with Gasteiger partial charge in [0.25, 0.3) is 11.8 Å². The molecular formula is C24H36N4O5. The van der Waals surface area contributed by atoms with Crippen LogP contribution >= 0.6 is 0 Å². The second-order valence-electron chi connectivity index (χ2n) is 9.43. The van der Waals surface area contributed by atoms with Gasteiger partial charge in [0.05, 0.1) is 12.8 Å². The Kier molecular flexibility index (Phi) is 7.51. The maximum Gasteiger partial charge on any atom is 0.406 e. The first-order valence-corrected chi connectivity index (χ1v) is 11.6. The number of fused-ring (bicyclic) bond motifs is 1. The number of piperidine rings is 1. The Balaban J connectivity index is 1.96. The third-order valence-corrected chi connectivity index (χ3v) is 6.20. The molecule has 0 unspecified atom stereocenters. The molecule has 1 atom stereocenters. The van der Waals surface area contributed by atoms with Crippen molar-refractivity contribution in [1.82, 2.24) is 15.5 Å². The molecule has 182 valence electrons. The number of ether oxygens (including phenoxy) is 2. The number of anilines is 1. The number of rotatable bonds is 6. The van der Waals surface area contributed by atoms with Crippen LogP contribution in [-0.2, 0) is 9.53 Å². The number of nitrogens with one attached hydrogen (secondary N) is 2. The van der Waals surface area contributed by atoms with E-state index < -0.39 is 11.7 Å². The highest BCUT2D eigenvalue weighted by atomic mass is 16.5. The molecule has 2 heterocycles. The van der Waals surface area contributed by atoms with Crippen molar-refractivity contribution in [2.45, 2.75) is 65.1 Å². The van der Waals surface area contributed by atoms with E-state index in [9.17, 15) is 14.4 Å². The summed E-state index contributed by atoms with van der Waals surface area (Å²) in [6.07, 6.45) is 1.42. The van der Waals surface area contributed by atoms with E-state index >= 15 is 0 Å². The maximum absolute atomic E-state index is 13.7. The highest BCUT2D eigenvalue weighted by Gasteiger charge is 2.41. The number of alkyl carbamates (subject to hydrolysis) is 1. The first kappa shape index (κ1) is 24.8. The molecule has 2 aliphatic rings. The first-order chi connectivity index (χ1) is 15.6. The number of carbonyl (C=O) groups excluding carboxylic acids is 3. The Morgan fingerprint density at radius 2 is 2.09 bits per heavy atom. The molecule has 33 heavy (non-hydrogen) atoms.